The zero-order chi connectivity index (χ0) is 15.3. The van der Waals surface area contributed by atoms with Gasteiger partial charge in [0.1, 0.15) is 5.76 Å². The fraction of sp³-hybridized carbons (Fsp3) is 0.789. The second-order valence-corrected chi connectivity index (χ2v) is 6.24. The summed E-state index contributed by atoms with van der Waals surface area (Å²) in [6, 6.07) is 2.48. The van der Waals surface area contributed by atoms with Gasteiger partial charge in [-0.3, -0.25) is 0 Å². The van der Waals surface area contributed by atoms with Gasteiger partial charge < -0.3 is 9.73 Å². The molecule has 1 heterocycles. The van der Waals surface area contributed by atoms with E-state index in [2.05, 4.69) is 32.2 Å². The van der Waals surface area contributed by atoms with E-state index in [0.717, 1.165) is 12.3 Å². The van der Waals surface area contributed by atoms with Gasteiger partial charge in [0.15, 0.2) is 0 Å². The molecule has 0 aromatic carbocycles. The smallest absolute Gasteiger partial charge is 0.123 e. The Bertz CT molecular complexity index is 345. The second-order valence-electron chi connectivity index (χ2n) is 6.24. The average molecular weight is 293 g/mol. The van der Waals surface area contributed by atoms with E-state index < -0.39 is 0 Å². The summed E-state index contributed by atoms with van der Waals surface area (Å²) in [5.74, 6) is 1.14. The maximum atomic E-state index is 5.68. The molecule has 0 bridgehead atoms. The van der Waals surface area contributed by atoms with Crippen molar-refractivity contribution in [2.75, 3.05) is 6.54 Å². The first-order valence-electron chi connectivity index (χ1n) is 9.07. The van der Waals surface area contributed by atoms with Crippen LogP contribution in [-0.2, 0) is 0 Å². The Balaban J connectivity index is 2.20. The van der Waals surface area contributed by atoms with Crippen LogP contribution in [0.5, 0.6) is 0 Å². The Hall–Kier alpha value is -0.760. The van der Waals surface area contributed by atoms with Crippen molar-refractivity contribution < 1.29 is 4.42 Å². The van der Waals surface area contributed by atoms with Gasteiger partial charge in [0.2, 0.25) is 0 Å². The van der Waals surface area contributed by atoms with Crippen molar-refractivity contribution >= 4 is 0 Å². The van der Waals surface area contributed by atoms with E-state index in [9.17, 15) is 0 Å². The van der Waals surface area contributed by atoms with Crippen LogP contribution in [-0.4, -0.2) is 6.54 Å². The molecule has 0 aliphatic carbocycles. The Morgan fingerprint density at radius 3 is 2.19 bits per heavy atom. The SMILES string of the molecule is CCCCCCCCCCC(NCCC)c1occc1C. The first-order valence-corrected chi connectivity index (χ1v) is 9.07. The molecule has 0 saturated carbocycles. The molecule has 0 amide bonds. The van der Waals surface area contributed by atoms with Crippen molar-refractivity contribution in [2.45, 2.75) is 91.0 Å². The van der Waals surface area contributed by atoms with Crippen molar-refractivity contribution in [1.82, 2.24) is 5.32 Å². The summed E-state index contributed by atoms with van der Waals surface area (Å²) >= 11 is 0. The molecule has 1 atom stereocenters. The van der Waals surface area contributed by atoms with E-state index in [1.54, 1.807) is 0 Å². The molecule has 0 fully saturated rings. The third kappa shape index (κ3) is 7.71. The van der Waals surface area contributed by atoms with Crippen LogP contribution < -0.4 is 5.32 Å². The van der Waals surface area contributed by atoms with Crippen LogP contribution in [0, 0.1) is 6.92 Å². The molecule has 1 aromatic heterocycles. The zero-order valence-electron chi connectivity index (χ0n) is 14.4. The summed E-state index contributed by atoms with van der Waals surface area (Å²) in [6.45, 7) is 7.71. The maximum Gasteiger partial charge on any atom is 0.123 e. The van der Waals surface area contributed by atoms with Gasteiger partial charge in [-0.15, -0.1) is 0 Å². The lowest BCUT2D eigenvalue weighted by atomic mass is 10.0. The number of nitrogens with one attached hydrogen (secondary N) is 1. The Morgan fingerprint density at radius 2 is 1.62 bits per heavy atom. The highest BCUT2D eigenvalue weighted by Crippen LogP contribution is 2.24. The number of unbranched alkanes of at least 4 members (excludes halogenated alkanes) is 7. The molecule has 2 nitrogen and oxygen atoms in total. The van der Waals surface area contributed by atoms with Crippen LogP contribution >= 0.6 is 0 Å². The van der Waals surface area contributed by atoms with Crippen LogP contribution in [0.3, 0.4) is 0 Å². The lowest BCUT2D eigenvalue weighted by molar-refractivity contribution is 0.381. The van der Waals surface area contributed by atoms with Crippen LogP contribution in [0.2, 0.25) is 0 Å². The quantitative estimate of drug-likeness (QED) is 0.441. The molecular weight excluding hydrogens is 258 g/mol. The molecule has 0 aliphatic rings. The van der Waals surface area contributed by atoms with Gasteiger partial charge in [0.05, 0.1) is 12.3 Å². The molecule has 1 unspecified atom stereocenters. The van der Waals surface area contributed by atoms with Gasteiger partial charge >= 0.3 is 0 Å². The Morgan fingerprint density at radius 1 is 0.952 bits per heavy atom. The first-order chi connectivity index (χ1) is 10.3. The second kappa shape index (κ2) is 11.9. The lowest BCUT2D eigenvalue weighted by Gasteiger charge is -2.17. The van der Waals surface area contributed by atoms with E-state index in [1.165, 1.54) is 69.8 Å². The first kappa shape index (κ1) is 18.3. The van der Waals surface area contributed by atoms with Crippen LogP contribution in [0.1, 0.15) is 95.4 Å². The van der Waals surface area contributed by atoms with Gasteiger partial charge in [-0.25, -0.2) is 0 Å². The minimum absolute atomic E-state index is 0.403. The van der Waals surface area contributed by atoms with Crippen molar-refractivity contribution in [3.63, 3.8) is 0 Å². The van der Waals surface area contributed by atoms with Crippen LogP contribution in [0.15, 0.2) is 16.7 Å². The fourth-order valence-electron chi connectivity index (χ4n) is 2.87. The standard InChI is InChI=1S/C19H35NO/c1-4-6-7-8-9-10-11-12-13-18(20-15-5-2)19-17(3)14-16-21-19/h14,16,18,20H,4-13,15H2,1-3H3. The Labute approximate surface area is 131 Å². The number of furan rings is 1. The van der Waals surface area contributed by atoms with E-state index in [0.29, 0.717) is 6.04 Å². The minimum Gasteiger partial charge on any atom is -0.467 e. The number of aryl methyl sites for hydroxylation is 1. The van der Waals surface area contributed by atoms with Gasteiger partial charge in [0.25, 0.3) is 0 Å². The summed E-state index contributed by atoms with van der Waals surface area (Å²) in [6.07, 6.45) is 15.2. The number of rotatable bonds is 13. The molecule has 1 rings (SSSR count). The van der Waals surface area contributed by atoms with E-state index in [1.807, 2.05) is 6.26 Å². The molecular formula is C19H35NO. The topological polar surface area (TPSA) is 25.2 Å². The maximum absolute atomic E-state index is 5.68. The predicted molar refractivity (Wildman–Crippen MR) is 91.7 cm³/mol. The number of hydrogen-bond donors (Lipinski definition) is 1. The Kier molecular flexibility index (Phi) is 10.3. The highest BCUT2D eigenvalue weighted by Gasteiger charge is 2.15. The third-order valence-electron chi connectivity index (χ3n) is 4.21. The molecule has 0 radical (unpaired) electrons. The highest BCUT2D eigenvalue weighted by atomic mass is 16.3. The minimum atomic E-state index is 0.403. The molecule has 0 spiro atoms. The average Bonchev–Trinajstić information content (AvgIpc) is 2.91. The van der Waals surface area contributed by atoms with E-state index >= 15 is 0 Å². The lowest BCUT2D eigenvalue weighted by Crippen LogP contribution is -2.22. The molecule has 2 heteroatoms. The van der Waals surface area contributed by atoms with Gasteiger partial charge in [-0.1, -0.05) is 65.2 Å². The highest BCUT2D eigenvalue weighted by molar-refractivity contribution is 5.18. The molecule has 122 valence electrons. The van der Waals surface area contributed by atoms with E-state index in [4.69, 9.17) is 4.42 Å². The van der Waals surface area contributed by atoms with Gasteiger partial charge in [0, 0.05) is 0 Å². The molecule has 0 saturated heterocycles. The van der Waals surface area contributed by atoms with Crippen LogP contribution in [0.25, 0.3) is 0 Å². The van der Waals surface area contributed by atoms with E-state index in [-0.39, 0.29) is 0 Å². The summed E-state index contributed by atoms with van der Waals surface area (Å²) in [5.41, 5.74) is 1.28. The summed E-state index contributed by atoms with van der Waals surface area (Å²) in [4.78, 5) is 0. The summed E-state index contributed by atoms with van der Waals surface area (Å²) in [5, 5.41) is 3.64. The summed E-state index contributed by atoms with van der Waals surface area (Å²) in [7, 11) is 0. The van der Waals surface area contributed by atoms with Crippen LogP contribution in [0.4, 0.5) is 0 Å². The van der Waals surface area contributed by atoms with Gasteiger partial charge in [-0.05, 0) is 37.9 Å². The van der Waals surface area contributed by atoms with Crippen molar-refractivity contribution in [2.24, 2.45) is 0 Å². The fourth-order valence-corrected chi connectivity index (χ4v) is 2.87. The molecule has 0 aliphatic heterocycles. The van der Waals surface area contributed by atoms with Gasteiger partial charge in [-0.2, -0.15) is 0 Å². The summed E-state index contributed by atoms with van der Waals surface area (Å²) < 4.78 is 5.68. The predicted octanol–water partition coefficient (Wildman–Crippen LogP) is 6.16. The third-order valence-corrected chi connectivity index (χ3v) is 4.21. The monoisotopic (exact) mass is 293 g/mol. The number of hydrogen-bond acceptors (Lipinski definition) is 2. The molecule has 1 N–H and O–H groups in total. The van der Waals surface area contributed by atoms with Crippen molar-refractivity contribution in [3.05, 3.63) is 23.7 Å². The molecule has 21 heavy (non-hydrogen) atoms. The van der Waals surface area contributed by atoms with Crippen molar-refractivity contribution in [1.29, 1.82) is 0 Å². The van der Waals surface area contributed by atoms with Crippen molar-refractivity contribution in [3.8, 4) is 0 Å². The normalized spacial score (nSPS) is 12.7. The molecule has 1 aromatic rings. The zero-order valence-corrected chi connectivity index (χ0v) is 14.4. The largest absolute Gasteiger partial charge is 0.467 e.